The number of unbranched alkanes of at least 4 members (excludes halogenated alkanes) is 6. The van der Waals surface area contributed by atoms with Crippen LogP contribution in [0.4, 0.5) is 0 Å². The predicted octanol–water partition coefficient (Wildman–Crippen LogP) is 3.65. The molecule has 3 nitrogen and oxygen atoms in total. The van der Waals surface area contributed by atoms with Crippen LogP contribution < -0.4 is 5.32 Å². The third-order valence-corrected chi connectivity index (χ3v) is 3.71. The Kier molecular flexibility index (Phi) is 13.3. The molecule has 0 aliphatic rings. The molecule has 0 fully saturated rings. The van der Waals surface area contributed by atoms with Crippen LogP contribution in [0.1, 0.15) is 58.3 Å². The second-order valence-corrected chi connectivity index (χ2v) is 5.39. The van der Waals surface area contributed by atoms with Crippen LogP contribution in [0, 0.1) is 0 Å². The number of halogens is 1. The van der Waals surface area contributed by atoms with Crippen LogP contribution in [-0.2, 0) is 9.53 Å². The second kappa shape index (κ2) is 13.3. The lowest BCUT2D eigenvalue weighted by Gasteiger charge is -2.14. The molecular weight excluding hydrogens is 294 g/mol. The van der Waals surface area contributed by atoms with Gasteiger partial charge in [0.1, 0.15) is 0 Å². The summed E-state index contributed by atoms with van der Waals surface area (Å²) in [6.07, 6.45) is 9.33. The van der Waals surface area contributed by atoms with Crippen molar-refractivity contribution in [2.24, 2.45) is 0 Å². The van der Waals surface area contributed by atoms with Gasteiger partial charge in [-0.3, -0.25) is 4.79 Å². The molecule has 1 atom stereocenters. The van der Waals surface area contributed by atoms with Crippen LogP contribution in [0.25, 0.3) is 0 Å². The Hall–Kier alpha value is -0.0900. The van der Waals surface area contributed by atoms with Crippen molar-refractivity contribution in [1.29, 1.82) is 0 Å². The smallest absolute Gasteiger partial charge is 0.220 e. The van der Waals surface area contributed by atoms with Crippen molar-refractivity contribution in [3.05, 3.63) is 0 Å². The van der Waals surface area contributed by atoms with Crippen molar-refractivity contribution < 1.29 is 9.53 Å². The highest BCUT2D eigenvalue weighted by Crippen LogP contribution is 2.08. The van der Waals surface area contributed by atoms with Gasteiger partial charge in [0.2, 0.25) is 5.91 Å². The minimum Gasteiger partial charge on any atom is -0.383 e. The second-order valence-electron chi connectivity index (χ2n) is 4.75. The van der Waals surface area contributed by atoms with Gasteiger partial charge in [-0.15, -0.1) is 0 Å². The minimum absolute atomic E-state index is 0.0899. The highest BCUT2D eigenvalue weighted by Gasteiger charge is 2.09. The van der Waals surface area contributed by atoms with Crippen molar-refractivity contribution in [3.8, 4) is 0 Å². The van der Waals surface area contributed by atoms with Gasteiger partial charge >= 0.3 is 0 Å². The summed E-state index contributed by atoms with van der Waals surface area (Å²) in [5, 5.41) is 3.71. The van der Waals surface area contributed by atoms with E-state index in [2.05, 4.69) is 28.2 Å². The average molecular weight is 322 g/mol. The molecule has 108 valence electrons. The molecule has 0 aliphatic carbocycles. The van der Waals surface area contributed by atoms with Gasteiger partial charge < -0.3 is 10.1 Å². The first kappa shape index (κ1) is 17.9. The SMILES string of the molecule is CCCCCCCCCC(=O)NC(CBr)COC. The summed E-state index contributed by atoms with van der Waals surface area (Å²) >= 11 is 3.37. The van der Waals surface area contributed by atoms with E-state index in [4.69, 9.17) is 4.74 Å². The molecule has 0 aromatic rings. The molecule has 0 bridgehead atoms. The summed E-state index contributed by atoms with van der Waals surface area (Å²) in [4.78, 5) is 11.6. The summed E-state index contributed by atoms with van der Waals surface area (Å²) in [7, 11) is 1.65. The zero-order valence-electron chi connectivity index (χ0n) is 11.8. The molecule has 0 radical (unpaired) electrons. The Morgan fingerprint density at radius 2 is 1.78 bits per heavy atom. The number of rotatable bonds is 12. The van der Waals surface area contributed by atoms with Crippen molar-refractivity contribution in [2.45, 2.75) is 64.3 Å². The number of hydrogen-bond donors (Lipinski definition) is 1. The number of methoxy groups -OCH3 is 1. The lowest BCUT2D eigenvalue weighted by Crippen LogP contribution is -2.39. The summed E-state index contributed by atoms with van der Waals surface area (Å²) in [5.41, 5.74) is 0. The van der Waals surface area contributed by atoms with Crippen molar-refractivity contribution in [1.82, 2.24) is 5.32 Å². The van der Waals surface area contributed by atoms with E-state index in [0.29, 0.717) is 13.0 Å². The Labute approximate surface area is 120 Å². The van der Waals surface area contributed by atoms with E-state index in [1.165, 1.54) is 38.5 Å². The molecule has 0 saturated heterocycles. The molecule has 1 N–H and O–H groups in total. The zero-order chi connectivity index (χ0) is 13.6. The number of hydrogen-bond acceptors (Lipinski definition) is 2. The Morgan fingerprint density at radius 3 is 2.33 bits per heavy atom. The standard InChI is InChI=1S/C14H28BrNO2/c1-3-4-5-6-7-8-9-10-14(17)16-13(11-15)12-18-2/h13H,3-12H2,1-2H3,(H,16,17). The topological polar surface area (TPSA) is 38.3 Å². The highest BCUT2D eigenvalue weighted by molar-refractivity contribution is 9.09. The van der Waals surface area contributed by atoms with Crippen LogP contribution in [0.2, 0.25) is 0 Å². The molecule has 4 heteroatoms. The summed E-state index contributed by atoms with van der Waals surface area (Å²) in [6, 6.07) is 0.0899. The van der Waals surface area contributed by atoms with Gasteiger partial charge in [0.05, 0.1) is 12.6 Å². The molecule has 1 amide bonds. The van der Waals surface area contributed by atoms with Crippen LogP contribution in [0.3, 0.4) is 0 Å². The third-order valence-electron chi connectivity index (χ3n) is 2.93. The number of ether oxygens (including phenoxy) is 1. The van der Waals surface area contributed by atoms with Crippen LogP contribution >= 0.6 is 15.9 Å². The third kappa shape index (κ3) is 11.0. The van der Waals surface area contributed by atoms with Crippen LogP contribution in [-0.4, -0.2) is 31.0 Å². The fourth-order valence-corrected chi connectivity index (χ4v) is 2.22. The summed E-state index contributed by atoms with van der Waals surface area (Å²) < 4.78 is 5.03. The summed E-state index contributed by atoms with van der Waals surface area (Å²) in [6.45, 7) is 2.79. The first-order chi connectivity index (χ1) is 8.74. The number of carbonyl (C=O) groups excluding carboxylic acids is 1. The number of amides is 1. The maximum atomic E-state index is 11.6. The van der Waals surface area contributed by atoms with Gasteiger partial charge in [-0.05, 0) is 6.42 Å². The first-order valence-corrected chi connectivity index (χ1v) is 8.21. The monoisotopic (exact) mass is 321 g/mol. The molecule has 18 heavy (non-hydrogen) atoms. The Morgan fingerprint density at radius 1 is 1.17 bits per heavy atom. The van der Waals surface area contributed by atoms with E-state index in [1.54, 1.807) is 7.11 Å². The van der Waals surface area contributed by atoms with Gasteiger partial charge in [-0.1, -0.05) is 61.4 Å². The van der Waals surface area contributed by atoms with E-state index in [1.807, 2.05) is 0 Å². The van der Waals surface area contributed by atoms with Crippen molar-refractivity contribution >= 4 is 21.8 Å². The average Bonchev–Trinajstić information content (AvgIpc) is 2.37. The maximum Gasteiger partial charge on any atom is 0.220 e. The highest BCUT2D eigenvalue weighted by atomic mass is 79.9. The number of alkyl halides is 1. The van der Waals surface area contributed by atoms with Gasteiger partial charge in [0.25, 0.3) is 0 Å². The lowest BCUT2D eigenvalue weighted by molar-refractivity contribution is -0.122. The zero-order valence-corrected chi connectivity index (χ0v) is 13.4. The Balaban J connectivity index is 3.41. The quantitative estimate of drug-likeness (QED) is 0.440. The molecule has 0 aromatic heterocycles. The molecular formula is C14H28BrNO2. The lowest BCUT2D eigenvalue weighted by atomic mass is 10.1. The molecule has 0 saturated carbocycles. The number of nitrogens with one attached hydrogen (secondary N) is 1. The Bertz CT molecular complexity index is 200. The van der Waals surface area contributed by atoms with E-state index >= 15 is 0 Å². The maximum absolute atomic E-state index is 11.6. The molecule has 1 unspecified atom stereocenters. The molecule has 0 aliphatic heterocycles. The van der Waals surface area contributed by atoms with E-state index in [-0.39, 0.29) is 11.9 Å². The van der Waals surface area contributed by atoms with Crippen molar-refractivity contribution in [3.63, 3.8) is 0 Å². The summed E-state index contributed by atoms with van der Waals surface area (Å²) in [5.74, 6) is 0.144. The molecule has 0 rings (SSSR count). The van der Waals surface area contributed by atoms with E-state index in [9.17, 15) is 4.79 Å². The van der Waals surface area contributed by atoms with E-state index in [0.717, 1.165) is 11.8 Å². The van der Waals surface area contributed by atoms with E-state index < -0.39 is 0 Å². The van der Waals surface area contributed by atoms with Gasteiger partial charge in [0.15, 0.2) is 0 Å². The fourth-order valence-electron chi connectivity index (χ4n) is 1.87. The van der Waals surface area contributed by atoms with Crippen LogP contribution in [0.15, 0.2) is 0 Å². The molecule has 0 spiro atoms. The minimum atomic E-state index is 0.0899. The number of carbonyl (C=O) groups is 1. The molecule has 0 aromatic carbocycles. The van der Waals surface area contributed by atoms with Gasteiger partial charge in [-0.25, -0.2) is 0 Å². The first-order valence-electron chi connectivity index (χ1n) is 7.08. The largest absolute Gasteiger partial charge is 0.383 e. The predicted molar refractivity (Wildman–Crippen MR) is 80.2 cm³/mol. The van der Waals surface area contributed by atoms with Crippen molar-refractivity contribution in [2.75, 3.05) is 19.0 Å². The fraction of sp³-hybridized carbons (Fsp3) is 0.929. The van der Waals surface area contributed by atoms with Gasteiger partial charge in [-0.2, -0.15) is 0 Å². The molecule has 0 heterocycles. The van der Waals surface area contributed by atoms with Gasteiger partial charge in [0, 0.05) is 18.9 Å². The normalized spacial score (nSPS) is 12.4. The van der Waals surface area contributed by atoms with Crippen LogP contribution in [0.5, 0.6) is 0 Å².